The molecule has 3 rings (SSSR count). The molecule has 1 saturated heterocycles. The number of hydrogen-bond donors (Lipinski definition) is 0. The van der Waals surface area contributed by atoms with Gasteiger partial charge in [0.1, 0.15) is 0 Å². The van der Waals surface area contributed by atoms with E-state index in [4.69, 9.17) is 4.74 Å². The highest BCUT2D eigenvalue weighted by molar-refractivity contribution is 7.99. The van der Waals surface area contributed by atoms with Crippen LogP contribution >= 0.6 is 11.8 Å². The van der Waals surface area contributed by atoms with E-state index >= 15 is 0 Å². The Balaban J connectivity index is 1.69. The summed E-state index contributed by atoms with van der Waals surface area (Å²) in [6, 6.07) is 14.8. The largest absolute Gasteiger partial charge is 0.465 e. The summed E-state index contributed by atoms with van der Waals surface area (Å²) in [5, 5.41) is 2.53. The topological polar surface area (TPSA) is 26.3 Å². The average Bonchev–Trinajstić information content (AvgIpc) is 2.82. The van der Waals surface area contributed by atoms with Gasteiger partial charge in [-0.15, -0.1) is 11.8 Å². The molecule has 0 aromatic heterocycles. The number of carbonyl (C=O) groups is 1. The van der Waals surface area contributed by atoms with Gasteiger partial charge in [0.25, 0.3) is 0 Å². The van der Waals surface area contributed by atoms with Crippen LogP contribution in [0, 0.1) is 5.92 Å². The summed E-state index contributed by atoms with van der Waals surface area (Å²) < 4.78 is 4.97. The van der Waals surface area contributed by atoms with E-state index in [2.05, 4.69) is 42.5 Å². The number of cyclic esters (lactones) is 1. The highest BCUT2D eigenvalue weighted by Crippen LogP contribution is 2.27. The van der Waals surface area contributed by atoms with Crippen molar-refractivity contribution in [3.05, 3.63) is 42.5 Å². The highest BCUT2D eigenvalue weighted by atomic mass is 32.2. The van der Waals surface area contributed by atoms with Crippen LogP contribution in [0.25, 0.3) is 10.8 Å². The van der Waals surface area contributed by atoms with E-state index in [-0.39, 0.29) is 5.97 Å². The second kappa shape index (κ2) is 5.02. The van der Waals surface area contributed by atoms with Crippen LogP contribution in [0.3, 0.4) is 0 Å². The molecule has 0 unspecified atom stereocenters. The maximum absolute atomic E-state index is 11.0. The monoisotopic (exact) mass is 258 g/mol. The molecule has 0 saturated carbocycles. The third-order valence-electron chi connectivity index (χ3n) is 3.14. The first kappa shape index (κ1) is 11.6. The summed E-state index contributed by atoms with van der Waals surface area (Å²) in [5.74, 6) is 1.26. The van der Waals surface area contributed by atoms with E-state index < -0.39 is 0 Å². The lowest BCUT2D eigenvalue weighted by Crippen LogP contribution is -2.02. The number of hydrogen-bond acceptors (Lipinski definition) is 3. The van der Waals surface area contributed by atoms with Crippen LogP contribution < -0.4 is 0 Å². The van der Waals surface area contributed by atoms with Gasteiger partial charge in [0.2, 0.25) is 0 Å². The first-order chi connectivity index (χ1) is 8.81. The molecule has 0 spiro atoms. The molecule has 92 valence electrons. The Morgan fingerprint density at radius 1 is 1.17 bits per heavy atom. The van der Waals surface area contributed by atoms with E-state index in [1.165, 1.54) is 15.7 Å². The van der Waals surface area contributed by atoms with Gasteiger partial charge < -0.3 is 4.74 Å². The lowest BCUT2D eigenvalue weighted by Gasteiger charge is -2.06. The van der Waals surface area contributed by atoms with Gasteiger partial charge in [0.05, 0.1) is 13.0 Å². The smallest absolute Gasteiger partial charge is 0.306 e. The van der Waals surface area contributed by atoms with Gasteiger partial charge in [0, 0.05) is 16.6 Å². The predicted octanol–water partition coefficient (Wildman–Crippen LogP) is 3.50. The summed E-state index contributed by atoms with van der Waals surface area (Å²) in [6.07, 6.45) is 0.570. The van der Waals surface area contributed by atoms with Gasteiger partial charge >= 0.3 is 5.97 Å². The fraction of sp³-hybridized carbons (Fsp3) is 0.267. The van der Waals surface area contributed by atoms with Gasteiger partial charge in [-0.1, -0.05) is 30.3 Å². The van der Waals surface area contributed by atoms with Crippen molar-refractivity contribution < 1.29 is 9.53 Å². The molecular formula is C15H14O2S. The molecule has 1 heterocycles. The third kappa shape index (κ3) is 2.51. The molecule has 2 nitrogen and oxygen atoms in total. The average molecular weight is 258 g/mol. The Bertz CT molecular complexity index is 579. The molecule has 0 amide bonds. The summed E-state index contributed by atoms with van der Waals surface area (Å²) in [7, 11) is 0. The molecular weight excluding hydrogens is 244 g/mol. The van der Waals surface area contributed by atoms with Crippen LogP contribution in [0.5, 0.6) is 0 Å². The Morgan fingerprint density at radius 3 is 2.78 bits per heavy atom. The van der Waals surface area contributed by atoms with E-state index in [1.807, 2.05) is 0 Å². The Hall–Kier alpha value is -1.48. The molecule has 18 heavy (non-hydrogen) atoms. The van der Waals surface area contributed by atoms with Crippen LogP contribution in [0.4, 0.5) is 0 Å². The number of fused-ring (bicyclic) bond motifs is 1. The zero-order chi connectivity index (χ0) is 12.4. The maximum atomic E-state index is 11.0. The summed E-state index contributed by atoms with van der Waals surface area (Å²) in [6.45, 7) is 0.583. The zero-order valence-electron chi connectivity index (χ0n) is 9.96. The molecule has 0 aliphatic carbocycles. The molecule has 0 radical (unpaired) electrons. The Kier molecular flexibility index (Phi) is 3.24. The number of esters is 1. The quantitative estimate of drug-likeness (QED) is 0.622. The number of ether oxygens (including phenoxy) is 1. The highest BCUT2D eigenvalue weighted by Gasteiger charge is 2.23. The summed E-state index contributed by atoms with van der Waals surface area (Å²) in [4.78, 5) is 12.3. The summed E-state index contributed by atoms with van der Waals surface area (Å²) >= 11 is 1.80. The van der Waals surface area contributed by atoms with Crippen molar-refractivity contribution in [1.29, 1.82) is 0 Å². The molecule has 3 heteroatoms. The number of benzene rings is 2. The van der Waals surface area contributed by atoms with Gasteiger partial charge in [-0.05, 0) is 22.9 Å². The molecule has 1 aliphatic heterocycles. The molecule has 0 bridgehead atoms. The van der Waals surface area contributed by atoms with Crippen LogP contribution in [-0.4, -0.2) is 18.3 Å². The lowest BCUT2D eigenvalue weighted by atomic mass is 10.1. The van der Waals surface area contributed by atoms with E-state index in [0.717, 1.165) is 5.75 Å². The zero-order valence-corrected chi connectivity index (χ0v) is 10.8. The number of thioether (sulfide) groups is 1. The minimum atomic E-state index is -0.0564. The van der Waals surface area contributed by atoms with Gasteiger partial charge in [-0.3, -0.25) is 4.79 Å². The van der Waals surface area contributed by atoms with Crippen molar-refractivity contribution in [2.75, 3.05) is 12.4 Å². The lowest BCUT2D eigenvalue weighted by molar-refractivity contribution is -0.137. The molecule has 2 aromatic carbocycles. The standard InChI is InChI=1S/C15H14O2S/c16-15-7-11(9-17-15)10-18-14-6-5-12-3-1-2-4-13(12)8-14/h1-6,8,11H,7,9-10H2/t11-/m1/s1. The Morgan fingerprint density at radius 2 is 2.00 bits per heavy atom. The molecule has 1 fully saturated rings. The van der Waals surface area contributed by atoms with E-state index in [0.29, 0.717) is 18.9 Å². The minimum Gasteiger partial charge on any atom is -0.465 e. The molecule has 1 aliphatic rings. The molecule has 1 atom stereocenters. The fourth-order valence-electron chi connectivity index (χ4n) is 2.14. The van der Waals surface area contributed by atoms with Crippen molar-refractivity contribution in [3.8, 4) is 0 Å². The SMILES string of the molecule is O=C1C[C@@H](CSc2ccc3ccccc3c2)CO1. The van der Waals surface area contributed by atoms with Crippen molar-refractivity contribution >= 4 is 28.5 Å². The van der Waals surface area contributed by atoms with Crippen LogP contribution in [0.15, 0.2) is 47.4 Å². The fourth-order valence-corrected chi connectivity index (χ4v) is 3.16. The van der Waals surface area contributed by atoms with Crippen molar-refractivity contribution in [3.63, 3.8) is 0 Å². The van der Waals surface area contributed by atoms with E-state index in [1.54, 1.807) is 11.8 Å². The maximum Gasteiger partial charge on any atom is 0.306 e. The van der Waals surface area contributed by atoms with E-state index in [9.17, 15) is 4.79 Å². The van der Waals surface area contributed by atoms with Crippen molar-refractivity contribution in [2.45, 2.75) is 11.3 Å². The predicted molar refractivity (Wildman–Crippen MR) is 73.7 cm³/mol. The normalized spacial score (nSPS) is 19.1. The summed E-state index contributed by atoms with van der Waals surface area (Å²) in [5.41, 5.74) is 0. The Labute approximate surface area is 110 Å². The first-order valence-corrected chi connectivity index (χ1v) is 7.07. The molecule has 0 N–H and O–H groups in total. The third-order valence-corrected chi connectivity index (χ3v) is 4.37. The molecule has 2 aromatic rings. The van der Waals surface area contributed by atoms with Crippen LogP contribution in [-0.2, 0) is 9.53 Å². The van der Waals surface area contributed by atoms with Gasteiger partial charge in [0.15, 0.2) is 0 Å². The van der Waals surface area contributed by atoms with Crippen molar-refractivity contribution in [1.82, 2.24) is 0 Å². The number of rotatable bonds is 3. The number of carbonyl (C=O) groups excluding carboxylic acids is 1. The van der Waals surface area contributed by atoms with Crippen LogP contribution in [0.1, 0.15) is 6.42 Å². The second-order valence-corrected chi connectivity index (χ2v) is 5.67. The minimum absolute atomic E-state index is 0.0564. The van der Waals surface area contributed by atoms with Gasteiger partial charge in [-0.2, -0.15) is 0 Å². The second-order valence-electron chi connectivity index (χ2n) is 4.57. The van der Waals surface area contributed by atoms with Crippen molar-refractivity contribution in [2.24, 2.45) is 5.92 Å². The van der Waals surface area contributed by atoms with Gasteiger partial charge in [-0.25, -0.2) is 0 Å². The van der Waals surface area contributed by atoms with Crippen LogP contribution in [0.2, 0.25) is 0 Å². The first-order valence-electron chi connectivity index (χ1n) is 6.08.